The summed E-state index contributed by atoms with van der Waals surface area (Å²) in [6.45, 7) is 3.31. The molecule has 0 saturated carbocycles. The third kappa shape index (κ3) is 3.77. The first-order valence-electron chi connectivity index (χ1n) is 7.22. The number of benzene rings is 1. The van der Waals surface area contributed by atoms with Crippen molar-refractivity contribution in [3.8, 4) is 17.6 Å². The molecular weight excluding hydrogens is 266 g/mol. The average molecular weight is 287 g/mol. The summed E-state index contributed by atoms with van der Waals surface area (Å²) in [6.07, 6.45) is 1.67. The first kappa shape index (κ1) is 15.4. The maximum absolute atomic E-state index is 12.0. The van der Waals surface area contributed by atoms with Crippen LogP contribution >= 0.6 is 0 Å². The zero-order chi connectivity index (χ0) is 15.2. The van der Waals surface area contributed by atoms with E-state index in [9.17, 15) is 4.79 Å². The Morgan fingerprint density at radius 1 is 1.48 bits per heavy atom. The van der Waals surface area contributed by atoms with Crippen molar-refractivity contribution in [3.63, 3.8) is 0 Å². The van der Waals surface area contributed by atoms with E-state index in [4.69, 9.17) is 9.84 Å². The normalized spacial score (nSPS) is 17.6. The number of amides is 1. The van der Waals surface area contributed by atoms with Crippen LogP contribution in [-0.4, -0.2) is 36.2 Å². The van der Waals surface area contributed by atoms with Gasteiger partial charge >= 0.3 is 0 Å². The van der Waals surface area contributed by atoms with Crippen LogP contribution in [0, 0.1) is 17.8 Å². The van der Waals surface area contributed by atoms with Crippen LogP contribution in [0.15, 0.2) is 18.2 Å². The molecule has 1 aliphatic rings. The number of methoxy groups -OCH3 is 1. The number of likely N-dealkylation sites (tertiary alicyclic amines) is 1. The molecule has 1 aromatic carbocycles. The number of aliphatic hydroxyl groups excluding tert-OH is 1. The van der Waals surface area contributed by atoms with Gasteiger partial charge in [-0.15, -0.1) is 0 Å². The van der Waals surface area contributed by atoms with Gasteiger partial charge < -0.3 is 14.7 Å². The van der Waals surface area contributed by atoms with Crippen LogP contribution in [0.1, 0.15) is 30.9 Å². The smallest absolute Gasteiger partial charge is 0.223 e. The summed E-state index contributed by atoms with van der Waals surface area (Å²) < 4.78 is 5.37. The third-order valence-electron chi connectivity index (χ3n) is 3.83. The summed E-state index contributed by atoms with van der Waals surface area (Å²) in [6, 6.07) is 5.63. The molecule has 21 heavy (non-hydrogen) atoms. The minimum atomic E-state index is -0.163. The standard InChI is InChI=1S/C17H21NO3/c1-3-13-10-17(20)18(11-13)12-15-9-14(5-4-8-19)6-7-16(15)21-2/h6-7,9,13,19H,3,8,10-12H2,1-2H3. The fourth-order valence-electron chi connectivity index (χ4n) is 2.61. The number of nitrogens with zero attached hydrogens (tertiary/aromatic N) is 1. The Balaban J connectivity index is 2.19. The van der Waals surface area contributed by atoms with E-state index in [0.717, 1.165) is 29.8 Å². The molecule has 1 heterocycles. The van der Waals surface area contributed by atoms with Crippen molar-refractivity contribution in [2.24, 2.45) is 5.92 Å². The van der Waals surface area contributed by atoms with Gasteiger partial charge in [0.05, 0.1) is 7.11 Å². The van der Waals surface area contributed by atoms with E-state index in [-0.39, 0.29) is 12.5 Å². The molecule has 0 aliphatic carbocycles. The quantitative estimate of drug-likeness (QED) is 0.859. The lowest BCUT2D eigenvalue weighted by molar-refractivity contribution is -0.128. The van der Waals surface area contributed by atoms with Crippen LogP contribution in [0.5, 0.6) is 5.75 Å². The molecule has 1 unspecified atom stereocenters. The van der Waals surface area contributed by atoms with E-state index in [1.54, 1.807) is 7.11 Å². The van der Waals surface area contributed by atoms with Crippen molar-refractivity contribution < 1.29 is 14.6 Å². The molecule has 1 aliphatic heterocycles. The van der Waals surface area contributed by atoms with Crippen molar-refractivity contribution in [1.29, 1.82) is 0 Å². The van der Waals surface area contributed by atoms with E-state index >= 15 is 0 Å². The first-order valence-corrected chi connectivity index (χ1v) is 7.22. The summed E-state index contributed by atoms with van der Waals surface area (Å²) in [7, 11) is 1.62. The van der Waals surface area contributed by atoms with Crippen LogP contribution in [0.3, 0.4) is 0 Å². The highest BCUT2D eigenvalue weighted by molar-refractivity contribution is 5.78. The maximum atomic E-state index is 12.0. The predicted molar refractivity (Wildman–Crippen MR) is 80.8 cm³/mol. The van der Waals surface area contributed by atoms with Gasteiger partial charge in [-0.25, -0.2) is 0 Å². The van der Waals surface area contributed by atoms with E-state index in [1.807, 2.05) is 23.1 Å². The Labute approximate surface area is 125 Å². The highest BCUT2D eigenvalue weighted by atomic mass is 16.5. The number of carbonyl (C=O) groups is 1. The second-order valence-corrected chi connectivity index (χ2v) is 5.24. The second-order valence-electron chi connectivity index (χ2n) is 5.24. The van der Waals surface area contributed by atoms with Crippen molar-refractivity contribution in [2.75, 3.05) is 20.3 Å². The summed E-state index contributed by atoms with van der Waals surface area (Å²) in [5, 5.41) is 8.77. The van der Waals surface area contributed by atoms with Gasteiger partial charge in [-0.2, -0.15) is 0 Å². The van der Waals surface area contributed by atoms with Crippen LogP contribution in [0.2, 0.25) is 0 Å². The summed E-state index contributed by atoms with van der Waals surface area (Å²) in [4.78, 5) is 13.9. The summed E-state index contributed by atoms with van der Waals surface area (Å²) >= 11 is 0. The van der Waals surface area contributed by atoms with Gasteiger partial charge in [-0.05, 0) is 24.1 Å². The van der Waals surface area contributed by atoms with Gasteiger partial charge in [0.15, 0.2) is 0 Å². The lowest BCUT2D eigenvalue weighted by Crippen LogP contribution is -2.24. The van der Waals surface area contributed by atoms with Crippen LogP contribution in [0.25, 0.3) is 0 Å². The number of ether oxygens (including phenoxy) is 1. The summed E-state index contributed by atoms with van der Waals surface area (Å²) in [5.41, 5.74) is 1.77. The van der Waals surface area contributed by atoms with Crippen molar-refractivity contribution in [3.05, 3.63) is 29.3 Å². The average Bonchev–Trinajstić information content (AvgIpc) is 2.85. The zero-order valence-electron chi connectivity index (χ0n) is 12.6. The molecule has 1 amide bonds. The Kier molecular flexibility index (Phi) is 5.24. The van der Waals surface area contributed by atoms with Crippen molar-refractivity contribution in [2.45, 2.75) is 26.3 Å². The second kappa shape index (κ2) is 7.14. The van der Waals surface area contributed by atoms with Crippen LogP contribution in [-0.2, 0) is 11.3 Å². The molecule has 1 aromatic rings. The molecule has 0 radical (unpaired) electrons. The lowest BCUT2D eigenvalue weighted by Gasteiger charge is -2.18. The van der Waals surface area contributed by atoms with Gasteiger partial charge in [0.25, 0.3) is 0 Å². The Morgan fingerprint density at radius 2 is 2.29 bits per heavy atom. The molecular formula is C17H21NO3. The number of rotatable bonds is 4. The Morgan fingerprint density at radius 3 is 2.90 bits per heavy atom. The number of carbonyl (C=O) groups excluding carboxylic acids is 1. The van der Waals surface area contributed by atoms with Gasteiger partial charge in [-0.1, -0.05) is 25.2 Å². The molecule has 1 N–H and O–H groups in total. The minimum absolute atomic E-state index is 0.163. The van der Waals surface area contributed by atoms with Gasteiger partial charge in [0, 0.05) is 30.6 Å². The maximum Gasteiger partial charge on any atom is 0.223 e. The van der Waals surface area contributed by atoms with E-state index < -0.39 is 0 Å². The number of hydrogen-bond donors (Lipinski definition) is 1. The largest absolute Gasteiger partial charge is 0.496 e. The van der Waals surface area contributed by atoms with Gasteiger partial charge in [0.2, 0.25) is 5.91 Å². The van der Waals surface area contributed by atoms with Crippen molar-refractivity contribution in [1.82, 2.24) is 4.90 Å². The van der Waals surface area contributed by atoms with Gasteiger partial charge in [0.1, 0.15) is 12.4 Å². The van der Waals surface area contributed by atoms with E-state index in [0.29, 0.717) is 18.9 Å². The number of aliphatic hydroxyl groups is 1. The molecule has 1 fully saturated rings. The molecule has 2 rings (SSSR count). The fraction of sp³-hybridized carbons (Fsp3) is 0.471. The molecule has 4 heteroatoms. The fourth-order valence-corrected chi connectivity index (χ4v) is 2.61. The molecule has 1 atom stereocenters. The Hall–Kier alpha value is -1.99. The molecule has 1 saturated heterocycles. The molecule has 0 spiro atoms. The number of hydrogen-bond acceptors (Lipinski definition) is 3. The van der Waals surface area contributed by atoms with E-state index in [2.05, 4.69) is 18.8 Å². The Bertz CT molecular complexity index is 571. The topological polar surface area (TPSA) is 49.8 Å². The zero-order valence-corrected chi connectivity index (χ0v) is 12.6. The first-order chi connectivity index (χ1) is 10.2. The van der Waals surface area contributed by atoms with Gasteiger partial charge in [-0.3, -0.25) is 4.79 Å². The summed E-state index contributed by atoms with van der Waals surface area (Å²) in [5.74, 6) is 6.94. The van der Waals surface area contributed by atoms with Crippen molar-refractivity contribution >= 4 is 5.91 Å². The molecule has 4 nitrogen and oxygen atoms in total. The molecule has 0 bridgehead atoms. The molecule has 112 valence electrons. The lowest BCUT2D eigenvalue weighted by atomic mass is 10.1. The van der Waals surface area contributed by atoms with E-state index in [1.165, 1.54) is 0 Å². The highest BCUT2D eigenvalue weighted by Gasteiger charge is 2.28. The monoisotopic (exact) mass is 287 g/mol. The SMILES string of the molecule is CCC1CC(=O)N(Cc2cc(C#CCO)ccc2OC)C1. The highest BCUT2D eigenvalue weighted by Crippen LogP contribution is 2.26. The molecule has 0 aromatic heterocycles. The predicted octanol–water partition coefficient (Wildman–Crippen LogP) is 1.80. The van der Waals surface area contributed by atoms with Crippen LogP contribution < -0.4 is 4.74 Å². The minimum Gasteiger partial charge on any atom is -0.496 e. The third-order valence-corrected chi connectivity index (χ3v) is 3.83. The van der Waals surface area contributed by atoms with Crippen LogP contribution in [0.4, 0.5) is 0 Å².